The van der Waals surface area contributed by atoms with Crippen LogP contribution in [0, 0.1) is 12.7 Å². The lowest BCUT2D eigenvalue weighted by molar-refractivity contribution is 0.102. The molecule has 108 valence electrons. The Morgan fingerprint density at radius 1 is 1.24 bits per heavy atom. The minimum atomic E-state index is -0.392. The summed E-state index contributed by atoms with van der Waals surface area (Å²) in [4.78, 5) is 12.2. The molecule has 0 aliphatic carbocycles. The second kappa shape index (κ2) is 4.97. The number of hydrogen-bond acceptors (Lipinski definition) is 4. The van der Waals surface area contributed by atoms with Gasteiger partial charge in [0, 0.05) is 17.4 Å². The van der Waals surface area contributed by atoms with E-state index in [4.69, 9.17) is 15.2 Å². The molecule has 0 spiro atoms. The molecule has 0 unspecified atom stereocenters. The predicted octanol–water partition coefficient (Wildman–Crippen LogP) is 2.70. The van der Waals surface area contributed by atoms with E-state index < -0.39 is 5.91 Å². The zero-order valence-corrected chi connectivity index (χ0v) is 11.3. The number of aryl methyl sites for hydroxylation is 1. The molecule has 0 bridgehead atoms. The first-order chi connectivity index (χ1) is 10.0. The van der Waals surface area contributed by atoms with E-state index in [1.54, 1.807) is 19.1 Å². The summed E-state index contributed by atoms with van der Waals surface area (Å²) in [6.45, 7) is 1.73. The van der Waals surface area contributed by atoms with Crippen LogP contribution in [0.15, 0.2) is 30.3 Å². The van der Waals surface area contributed by atoms with Crippen LogP contribution in [0.1, 0.15) is 15.9 Å². The summed E-state index contributed by atoms with van der Waals surface area (Å²) in [5, 5.41) is 2.68. The summed E-state index contributed by atoms with van der Waals surface area (Å²) >= 11 is 0. The molecule has 1 heterocycles. The number of rotatable bonds is 2. The average molecular weight is 288 g/mol. The molecular formula is C15H13FN2O3. The van der Waals surface area contributed by atoms with E-state index in [0.717, 1.165) is 0 Å². The third-order valence-electron chi connectivity index (χ3n) is 3.21. The number of carbonyl (C=O) groups excluding carboxylic acids is 1. The van der Waals surface area contributed by atoms with Crippen LogP contribution in [0.3, 0.4) is 0 Å². The third kappa shape index (κ3) is 2.47. The molecule has 0 aromatic heterocycles. The highest BCUT2D eigenvalue weighted by atomic mass is 19.1. The maximum atomic E-state index is 13.2. The van der Waals surface area contributed by atoms with Crippen LogP contribution in [0.4, 0.5) is 15.8 Å². The van der Waals surface area contributed by atoms with Crippen LogP contribution < -0.4 is 20.5 Å². The highest BCUT2D eigenvalue weighted by Gasteiger charge is 2.19. The van der Waals surface area contributed by atoms with Gasteiger partial charge in [-0.15, -0.1) is 0 Å². The van der Waals surface area contributed by atoms with E-state index in [2.05, 4.69) is 5.32 Å². The highest BCUT2D eigenvalue weighted by molar-refractivity contribution is 6.08. The minimum Gasteiger partial charge on any atom is -0.454 e. The van der Waals surface area contributed by atoms with Crippen molar-refractivity contribution in [1.29, 1.82) is 0 Å². The molecule has 0 fully saturated rings. The number of nitrogen functional groups attached to an aromatic ring is 1. The molecule has 6 heteroatoms. The largest absolute Gasteiger partial charge is 0.454 e. The summed E-state index contributed by atoms with van der Waals surface area (Å²) in [7, 11) is 0. The Labute approximate surface area is 120 Å². The van der Waals surface area contributed by atoms with Gasteiger partial charge in [0.05, 0.1) is 5.56 Å². The van der Waals surface area contributed by atoms with E-state index in [-0.39, 0.29) is 23.9 Å². The fraction of sp³-hybridized carbons (Fsp3) is 0.133. The van der Waals surface area contributed by atoms with Gasteiger partial charge >= 0.3 is 0 Å². The minimum absolute atomic E-state index is 0.108. The van der Waals surface area contributed by atoms with Crippen molar-refractivity contribution >= 4 is 17.3 Å². The second-order valence-corrected chi connectivity index (χ2v) is 4.71. The molecule has 5 nitrogen and oxygen atoms in total. The first-order valence-electron chi connectivity index (χ1n) is 6.31. The number of hydrogen-bond donors (Lipinski definition) is 2. The van der Waals surface area contributed by atoms with Crippen LogP contribution in [0.5, 0.6) is 11.5 Å². The summed E-state index contributed by atoms with van der Waals surface area (Å²) in [5.41, 5.74) is 7.36. The van der Waals surface area contributed by atoms with E-state index in [1.165, 1.54) is 18.2 Å². The van der Waals surface area contributed by atoms with E-state index >= 15 is 0 Å². The van der Waals surface area contributed by atoms with Gasteiger partial charge in [0.2, 0.25) is 6.79 Å². The number of anilines is 2. The number of fused-ring (bicyclic) bond motifs is 1. The molecule has 1 aliphatic heterocycles. The summed E-state index contributed by atoms with van der Waals surface area (Å²) in [5.74, 6) is 0.277. The fourth-order valence-electron chi connectivity index (χ4n) is 2.08. The Morgan fingerprint density at radius 2 is 1.95 bits per heavy atom. The van der Waals surface area contributed by atoms with Crippen molar-refractivity contribution in [2.24, 2.45) is 0 Å². The normalized spacial score (nSPS) is 12.3. The molecule has 0 atom stereocenters. The molecular weight excluding hydrogens is 275 g/mol. The van der Waals surface area contributed by atoms with Gasteiger partial charge in [-0.1, -0.05) is 0 Å². The van der Waals surface area contributed by atoms with Gasteiger partial charge < -0.3 is 20.5 Å². The summed E-state index contributed by atoms with van der Waals surface area (Å²) < 4.78 is 23.6. The Morgan fingerprint density at radius 3 is 2.67 bits per heavy atom. The number of nitrogens with one attached hydrogen (secondary N) is 1. The monoisotopic (exact) mass is 288 g/mol. The highest BCUT2D eigenvalue weighted by Crippen LogP contribution is 2.36. The maximum absolute atomic E-state index is 13.2. The van der Waals surface area contributed by atoms with Gasteiger partial charge in [0.1, 0.15) is 5.82 Å². The lowest BCUT2D eigenvalue weighted by Crippen LogP contribution is -2.14. The first-order valence-corrected chi connectivity index (χ1v) is 6.31. The van der Waals surface area contributed by atoms with E-state index in [1.807, 2.05) is 0 Å². The van der Waals surface area contributed by atoms with Crippen molar-refractivity contribution in [2.45, 2.75) is 6.92 Å². The third-order valence-corrected chi connectivity index (χ3v) is 3.21. The van der Waals surface area contributed by atoms with Gasteiger partial charge in [0.15, 0.2) is 11.5 Å². The summed E-state index contributed by atoms with van der Waals surface area (Å²) in [6, 6.07) is 7.42. The van der Waals surface area contributed by atoms with Crippen LogP contribution in [-0.4, -0.2) is 12.7 Å². The van der Waals surface area contributed by atoms with Crippen LogP contribution >= 0.6 is 0 Å². The maximum Gasteiger partial charge on any atom is 0.257 e. The van der Waals surface area contributed by atoms with Crippen molar-refractivity contribution in [3.05, 3.63) is 47.3 Å². The molecule has 0 saturated heterocycles. The number of nitrogens with two attached hydrogens (primary N) is 1. The van der Waals surface area contributed by atoms with Crippen molar-refractivity contribution in [3.63, 3.8) is 0 Å². The van der Waals surface area contributed by atoms with Crippen molar-refractivity contribution in [2.75, 3.05) is 17.8 Å². The standard InChI is InChI=1S/C15H13FN2O3/c1-8-4-9(2-3-11(8)16)18-15(19)10-5-13-14(6-12(10)17)21-7-20-13/h2-6H,7,17H2,1H3,(H,18,19). The Hall–Kier alpha value is -2.76. The molecule has 0 saturated carbocycles. The quantitative estimate of drug-likeness (QED) is 0.833. The van der Waals surface area contributed by atoms with Crippen molar-refractivity contribution < 1.29 is 18.7 Å². The lowest BCUT2D eigenvalue weighted by Gasteiger charge is -2.09. The molecule has 1 amide bonds. The smallest absolute Gasteiger partial charge is 0.257 e. The van der Waals surface area contributed by atoms with Crippen LogP contribution in [0.25, 0.3) is 0 Å². The molecule has 0 radical (unpaired) electrons. The van der Waals surface area contributed by atoms with Gasteiger partial charge in [-0.05, 0) is 36.8 Å². The zero-order chi connectivity index (χ0) is 15.0. The number of benzene rings is 2. The molecule has 2 aromatic carbocycles. The zero-order valence-electron chi connectivity index (χ0n) is 11.3. The summed E-state index contributed by atoms with van der Waals surface area (Å²) in [6.07, 6.45) is 0. The Kier molecular flexibility index (Phi) is 3.13. The van der Waals surface area contributed by atoms with Gasteiger partial charge in [0.25, 0.3) is 5.91 Å². The van der Waals surface area contributed by atoms with E-state index in [0.29, 0.717) is 22.7 Å². The predicted molar refractivity (Wildman–Crippen MR) is 76.1 cm³/mol. The number of halogens is 1. The SMILES string of the molecule is Cc1cc(NC(=O)c2cc3c(cc2N)OCO3)ccc1F. The molecule has 1 aliphatic rings. The number of ether oxygens (including phenoxy) is 2. The van der Waals surface area contributed by atoms with Gasteiger partial charge in [-0.2, -0.15) is 0 Å². The molecule has 2 aromatic rings. The van der Waals surface area contributed by atoms with Crippen LogP contribution in [-0.2, 0) is 0 Å². The number of amides is 1. The molecule has 3 N–H and O–H groups in total. The van der Waals surface area contributed by atoms with Crippen LogP contribution in [0.2, 0.25) is 0 Å². The second-order valence-electron chi connectivity index (χ2n) is 4.71. The molecule has 21 heavy (non-hydrogen) atoms. The van der Waals surface area contributed by atoms with E-state index in [9.17, 15) is 9.18 Å². The van der Waals surface area contributed by atoms with Crippen molar-refractivity contribution in [1.82, 2.24) is 0 Å². The van der Waals surface area contributed by atoms with Crippen molar-refractivity contribution in [3.8, 4) is 11.5 Å². The topological polar surface area (TPSA) is 73.6 Å². The van der Waals surface area contributed by atoms with Gasteiger partial charge in [-0.25, -0.2) is 4.39 Å². The number of carbonyl (C=O) groups is 1. The lowest BCUT2D eigenvalue weighted by atomic mass is 10.1. The Balaban J connectivity index is 1.87. The molecule has 3 rings (SSSR count). The first kappa shape index (κ1) is 13.2. The fourth-order valence-corrected chi connectivity index (χ4v) is 2.08. The average Bonchev–Trinajstić information content (AvgIpc) is 2.89. The van der Waals surface area contributed by atoms with Gasteiger partial charge in [-0.3, -0.25) is 4.79 Å². The Bertz CT molecular complexity index is 731.